The number of carbonyl (C=O) groups excluding carboxylic acids is 1. The molecular formula is C23H31IN2O7S. The summed E-state index contributed by atoms with van der Waals surface area (Å²) in [6.45, 7) is 3.16. The Kier molecular flexibility index (Phi) is 11.5. The molecule has 188 valence electrons. The fourth-order valence-corrected chi connectivity index (χ4v) is 4.88. The maximum atomic E-state index is 13.2. The van der Waals surface area contributed by atoms with Crippen LogP contribution < -0.4 is 10.1 Å². The van der Waals surface area contributed by atoms with E-state index in [2.05, 4.69) is 5.32 Å². The van der Waals surface area contributed by atoms with Crippen molar-refractivity contribution in [1.82, 2.24) is 9.79 Å². The highest BCUT2D eigenvalue weighted by molar-refractivity contribution is 14.1. The van der Waals surface area contributed by atoms with Gasteiger partial charge in [-0.25, -0.2) is 13.2 Å². The highest BCUT2D eigenvalue weighted by atomic mass is 127. The monoisotopic (exact) mass is 606 g/mol. The average Bonchev–Trinajstić information content (AvgIpc) is 2.85. The molecule has 0 bridgehead atoms. The summed E-state index contributed by atoms with van der Waals surface area (Å²) in [6.07, 6.45) is -1.15. The van der Waals surface area contributed by atoms with E-state index in [9.17, 15) is 18.3 Å². The van der Waals surface area contributed by atoms with Crippen molar-refractivity contribution < 1.29 is 32.6 Å². The number of hydroxylamine groups is 1. The predicted octanol–water partition coefficient (Wildman–Crippen LogP) is 4.03. The molecule has 1 amide bonds. The molecule has 11 heteroatoms. The van der Waals surface area contributed by atoms with Crippen LogP contribution in [0.15, 0.2) is 59.5 Å². The zero-order valence-electron chi connectivity index (χ0n) is 19.4. The smallest absolute Gasteiger partial charge is 0.408 e. The molecule has 0 heterocycles. The van der Waals surface area contributed by atoms with Crippen molar-refractivity contribution in [3.8, 4) is 5.75 Å². The van der Waals surface area contributed by atoms with E-state index in [0.717, 1.165) is 10.0 Å². The van der Waals surface area contributed by atoms with Crippen LogP contribution in [0, 0.1) is 0 Å². The zero-order chi connectivity index (χ0) is 25.1. The minimum atomic E-state index is -4.08. The predicted molar refractivity (Wildman–Crippen MR) is 136 cm³/mol. The molecule has 2 aromatic rings. The molecule has 0 aliphatic rings. The van der Waals surface area contributed by atoms with Crippen molar-refractivity contribution in [3.05, 3.63) is 60.2 Å². The molecule has 0 saturated heterocycles. The summed E-state index contributed by atoms with van der Waals surface area (Å²) in [7, 11) is -2.59. The van der Waals surface area contributed by atoms with Gasteiger partial charge in [-0.2, -0.15) is 0 Å². The molecule has 2 rings (SSSR count). The minimum absolute atomic E-state index is 0.00515. The molecule has 0 spiro atoms. The Labute approximate surface area is 214 Å². The van der Waals surface area contributed by atoms with Gasteiger partial charge in [0.25, 0.3) is 10.0 Å². The summed E-state index contributed by atoms with van der Waals surface area (Å²) in [4.78, 5) is 17.9. The Morgan fingerprint density at radius 1 is 1.09 bits per heavy atom. The Morgan fingerprint density at radius 3 is 2.26 bits per heavy atom. The lowest BCUT2D eigenvalue weighted by molar-refractivity contribution is -0.147. The lowest BCUT2D eigenvalue weighted by atomic mass is 10.2. The average molecular weight is 606 g/mol. The van der Waals surface area contributed by atoms with Crippen molar-refractivity contribution in [3.63, 3.8) is 0 Å². The van der Waals surface area contributed by atoms with Crippen LogP contribution in [-0.2, 0) is 19.6 Å². The third-order valence-corrected chi connectivity index (χ3v) is 7.53. The first-order valence-corrected chi connectivity index (χ1v) is 13.5. The number of ether oxygens (including phenoxy) is 2. The van der Waals surface area contributed by atoms with E-state index in [1.54, 1.807) is 0 Å². The molecular weight excluding hydrogens is 575 g/mol. The minimum Gasteiger partial charge on any atom is -0.497 e. The number of sulfonamides is 1. The van der Waals surface area contributed by atoms with E-state index < -0.39 is 26.3 Å². The van der Waals surface area contributed by atoms with Gasteiger partial charge in [0.15, 0.2) is 4.11 Å². The van der Waals surface area contributed by atoms with Gasteiger partial charge < -0.3 is 19.9 Å². The number of hydrogen-bond acceptors (Lipinski definition) is 7. The van der Waals surface area contributed by atoms with Gasteiger partial charge in [0.05, 0.1) is 30.8 Å². The summed E-state index contributed by atoms with van der Waals surface area (Å²) in [5.41, 5.74) is 0.814. The molecule has 0 saturated carbocycles. The molecule has 0 fully saturated rings. The van der Waals surface area contributed by atoms with Gasteiger partial charge in [0.2, 0.25) is 0 Å². The quantitative estimate of drug-likeness (QED) is 0.201. The molecule has 0 aromatic heterocycles. The topological polar surface area (TPSA) is 114 Å². The number of alkyl halides is 1. The van der Waals surface area contributed by atoms with Gasteiger partial charge >= 0.3 is 6.09 Å². The summed E-state index contributed by atoms with van der Waals surface area (Å²) in [5, 5.41) is 13.0. The zero-order valence-corrected chi connectivity index (χ0v) is 22.4. The van der Waals surface area contributed by atoms with Crippen molar-refractivity contribution in [1.29, 1.82) is 0 Å². The van der Waals surface area contributed by atoms with Crippen molar-refractivity contribution in [2.24, 2.45) is 0 Å². The number of methoxy groups -OCH3 is 1. The van der Waals surface area contributed by atoms with Gasteiger partial charge in [0, 0.05) is 12.1 Å². The maximum absolute atomic E-state index is 13.2. The first kappa shape index (κ1) is 28.3. The van der Waals surface area contributed by atoms with Crippen LogP contribution in [0.25, 0.3) is 0 Å². The number of halogens is 1. The number of benzene rings is 2. The number of aliphatic hydroxyl groups is 1. The Bertz CT molecular complexity index is 986. The second-order valence-electron chi connectivity index (χ2n) is 7.38. The van der Waals surface area contributed by atoms with E-state index >= 15 is 0 Å². The molecule has 0 radical (unpaired) electrons. The number of nitrogens with zero attached hydrogens (tertiary/aromatic N) is 1. The normalized spacial score (nSPS) is 13.5. The summed E-state index contributed by atoms with van der Waals surface area (Å²) < 4.78 is 37.1. The SMILES string of the molecule is CCC(CC)ON(CC(O)CNC(=O)OC(I)c1ccccc1)S(=O)(=O)c1ccc(OC)cc1. The van der Waals surface area contributed by atoms with Gasteiger partial charge in [0.1, 0.15) is 5.75 Å². The molecule has 2 atom stereocenters. The lowest BCUT2D eigenvalue weighted by Crippen LogP contribution is -2.44. The van der Waals surface area contributed by atoms with Crippen LogP contribution in [0.2, 0.25) is 0 Å². The highest BCUT2D eigenvalue weighted by Crippen LogP contribution is 2.24. The van der Waals surface area contributed by atoms with Gasteiger partial charge in [-0.05, 0) is 59.7 Å². The number of alkyl carbamates (subject to hydrolysis) is 1. The molecule has 0 aliphatic heterocycles. The Hall–Kier alpha value is -1.93. The lowest BCUT2D eigenvalue weighted by Gasteiger charge is -2.27. The molecule has 2 unspecified atom stereocenters. The number of nitrogens with one attached hydrogen (secondary N) is 1. The molecule has 9 nitrogen and oxygen atoms in total. The van der Waals surface area contributed by atoms with Gasteiger partial charge in [-0.15, -0.1) is 0 Å². The number of hydrogen-bond donors (Lipinski definition) is 2. The van der Waals surface area contributed by atoms with Gasteiger partial charge in [-0.1, -0.05) is 48.6 Å². The molecule has 34 heavy (non-hydrogen) atoms. The highest BCUT2D eigenvalue weighted by Gasteiger charge is 2.30. The molecule has 2 N–H and O–H groups in total. The fourth-order valence-electron chi connectivity index (χ4n) is 2.91. The number of rotatable bonds is 13. The van der Waals surface area contributed by atoms with Crippen molar-refractivity contribution in [2.75, 3.05) is 20.2 Å². The largest absolute Gasteiger partial charge is 0.497 e. The Morgan fingerprint density at radius 2 is 1.71 bits per heavy atom. The third-order valence-electron chi connectivity index (χ3n) is 4.92. The van der Waals surface area contributed by atoms with E-state index in [4.69, 9.17) is 14.3 Å². The van der Waals surface area contributed by atoms with E-state index in [-0.39, 0.29) is 24.1 Å². The van der Waals surface area contributed by atoms with Crippen LogP contribution in [0.3, 0.4) is 0 Å². The van der Waals surface area contributed by atoms with E-state index in [0.29, 0.717) is 18.6 Å². The maximum Gasteiger partial charge on any atom is 0.408 e. The molecule has 0 aliphatic carbocycles. The standard InChI is InChI=1S/C23H31IN2O7S/c1-4-19(5-2)33-26(34(29,30)21-13-11-20(31-3)12-14-21)16-18(27)15-25-23(28)32-22(24)17-9-7-6-8-10-17/h6-14,18-19,22,27H,4-5,15-16H2,1-3H3,(H,25,28). The van der Waals surface area contributed by atoms with Crippen molar-refractivity contribution in [2.45, 2.75) is 47.9 Å². The number of carbonyl (C=O) groups is 1. The first-order valence-electron chi connectivity index (χ1n) is 10.9. The van der Waals surface area contributed by atoms with Crippen LogP contribution in [0.1, 0.15) is 36.4 Å². The third kappa shape index (κ3) is 8.38. The second-order valence-corrected chi connectivity index (χ2v) is 10.3. The van der Waals surface area contributed by atoms with Crippen molar-refractivity contribution >= 4 is 38.7 Å². The summed E-state index contributed by atoms with van der Waals surface area (Å²) >= 11 is 1.98. The van der Waals surface area contributed by atoms with Crippen LogP contribution in [-0.4, -0.2) is 56.5 Å². The second kappa shape index (κ2) is 13.8. The fraction of sp³-hybridized carbons (Fsp3) is 0.435. The van der Waals surface area contributed by atoms with Gasteiger partial charge in [-0.3, -0.25) is 4.84 Å². The first-order chi connectivity index (χ1) is 16.2. The summed E-state index contributed by atoms with van der Waals surface area (Å²) in [6, 6.07) is 15.1. The number of amides is 1. The van der Waals surface area contributed by atoms with Crippen LogP contribution >= 0.6 is 22.6 Å². The summed E-state index contributed by atoms with van der Waals surface area (Å²) in [5.74, 6) is 0.512. The van der Waals surface area contributed by atoms with Crippen LogP contribution in [0.4, 0.5) is 4.79 Å². The van der Waals surface area contributed by atoms with Crippen LogP contribution in [0.5, 0.6) is 5.75 Å². The van der Waals surface area contributed by atoms with E-state index in [1.165, 1.54) is 31.4 Å². The number of aliphatic hydroxyl groups excluding tert-OH is 1. The van der Waals surface area contributed by atoms with E-state index in [1.807, 2.05) is 66.8 Å². The Balaban J connectivity index is 2.04. The molecule has 2 aromatic carbocycles.